The molecule has 1 aliphatic heterocycles. The van der Waals surface area contributed by atoms with E-state index >= 15 is 0 Å². The van der Waals surface area contributed by atoms with Gasteiger partial charge in [0.15, 0.2) is 11.5 Å². The molecule has 112 valence electrons. The molecule has 2 N–H and O–H groups in total. The summed E-state index contributed by atoms with van der Waals surface area (Å²) < 4.78 is 1.89. The van der Waals surface area contributed by atoms with Crippen molar-refractivity contribution in [2.75, 3.05) is 6.54 Å². The molecule has 0 spiro atoms. The molecular formula is C15H21N5O. The first kappa shape index (κ1) is 14.0. The first-order valence-electron chi connectivity index (χ1n) is 7.57. The van der Waals surface area contributed by atoms with Crippen LogP contribution in [0.1, 0.15) is 32.0 Å². The van der Waals surface area contributed by atoms with Gasteiger partial charge in [0.2, 0.25) is 5.91 Å². The van der Waals surface area contributed by atoms with Crippen LogP contribution in [-0.2, 0) is 11.3 Å². The van der Waals surface area contributed by atoms with E-state index in [-0.39, 0.29) is 11.9 Å². The van der Waals surface area contributed by atoms with Crippen LogP contribution in [0.15, 0.2) is 24.4 Å². The maximum atomic E-state index is 12.3. The van der Waals surface area contributed by atoms with Gasteiger partial charge in [0.05, 0.1) is 12.6 Å². The lowest BCUT2D eigenvalue weighted by atomic mass is 9.90. The molecule has 2 atom stereocenters. The third kappa shape index (κ3) is 3.05. The number of carbonyl (C=O) groups excluding carboxylic acids is 1. The van der Waals surface area contributed by atoms with Crippen molar-refractivity contribution < 1.29 is 4.79 Å². The largest absolute Gasteiger partial charge is 0.347 e. The van der Waals surface area contributed by atoms with Gasteiger partial charge in [-0.1, -0.05) is 19.4 Å². The van der Waals surface area contributed by atoms with Gasteiger partial charge in [-0.05, 0) is 37.4 Å². The summed E-state index contributed by atoms with van der Waals surface area (Å²) in [6, 6.07) is 5.66. The SMILES string of the molecule is CCC1CCNC(C(=O)NCc2nnc3ccccn23)C1. The number of aromatic nitrogens is 3. The van der Waals surface area contributed by atoms with Gasteiger partial charge in [-0.2, -0.15) is 0 Å². The van der Waals surface area contributed by atoms with E-state index in [1.54, 1.807) is 0 Å². The summed E-state index contributed by atoms with van der Waals surface area (Å²) in [5.41, 5.74) is 0.795. The molecule has 2 aromatic rings. The lowest BCUT2D eigenvalue weighted by Crippen LogP contribution is -2.48. The molecular weight excluding hydrogens is 266 g/mol. The lowest BCUT2D eigenvalue weighted by molar-refractivity contribution is -0.124. The molecule has 0 radical (unpaired) electrons. The van der Waals surface area contributed by atoms with Gasteiger partial charge in [-0.25, -0.2) is 0 Å². The van der Waals surface area contributed by atoms with E-state index in [4.69, 9.17) is 0 Å². The van der Waals surface area contributed by atoms with Crippen LogP contribution >= 0.6 is 0 Å². The number of carbonyl (C=O) groups is 1. The second kappa shape index (κ2) is 6.22. The molecule has 3 rings (SSSR count). The Labute approximate surface area is 123 Å². The van der Waals surface area contributed by atoms with Crippen molar-refractivity contribution in [2.24, 2.45) is 5.92 Å². The minimum absolute atomic E-state index is 0.0563. The zero-order valence-corrected chi connectivity index (χ0v) is 12.2. The average molecular weight is 287 g/mol. The standard InChI is InChI=1S/C15H21N5O/c1-2-11-6-7-16-12(9-11)15(21)17-10-14-19-18-13-5-3-4-8-20(13)14/h3-5,8,11-12,16H,2,6-7,9-10H2,1H3,(H,17,21). The molecule has 1 aliphatic rings. The normalized spacial score (nSPS) is 22.3. The minimum Gasteiger partial charge on any atom is -0.347 e. The Hall–Kier alpha value is -1.95. The highest BCUT2D eigenvalue weighted by Crippen LogP contribution is 2.19. The summed E-state index contributed by atoms with van der Waals surface area (Å²) in [6.45, 7) is 3.51. The Morgan fingerprint density at radius 3 is 3.24 bits per heavy atom. The Kier molecular flexibility index (Phi) is 4.15. The molecule has 1 amide bonds. The van der Waals surface area contributed by atoms with Crippen molar-refractivity contribution in [1.82, 2.24) is 25.2 Å². The number of hydrogen-bond donors (Lipinski definition) is 2. The first-order chi connectivity index (χ1) is 10.3. The molecule has 0 saturated carbocycles. The molecule has 2 aromatic heterocycles. The Morgan fingerprint density at radius 2 is 2.38 bits per heavy atom. The average Bonchev–Trinajstić information content (AvgIpc) is 2.96. The summed E-state index contributed by atoms with van der Waals surface area (Å²) in [7, 11) is 0. The topological polar surface area (TPSA) is 71.3 Å². The van der Waals surface area contributed by atoms with E-state index in [1.807, 2.05) is 28.8 Å². The summed E-state index contributed by atoms with van der Waals surface area (Å²) in [6.07, 6.45) is 5.13. The van der Waals surface area contributed by atoms with Crippen molar-refractivity contribution >= 4 is 11.6 Å². The highest BCUT2D eigenvalue weighted by molar-refractivity contribution is 5.81. The van der Waals surface area contributed by atoms with Gasteiger partial charge in [-0.15, -0.1) is 10.2 Å². The predicted molar refractivity (Wildman–Crippen MR) is 79.6 cm³/mol. The molecule has 6 heteroatoms. The van der Waals surface area contributed by atoms with Crippen molar-refractivity contribution in [2.45, 2.75) is 38.8 Å². The zero-order chi connectivity index (χ0) is 14.7. The highest BCUT2D eigenvalue weighted by atomic mass is 16.2. The van der Waals surface area contributed by atoms with Crippen LogP contribution < -0.4 is 10.6 Å². The molecule has 6 nitrogen and oxygen atoms in total. The Balaban J connectivity index is 1.60. The first-order valence-corrected chi connectivity index (χ1v) is 7.57. The number of amides is 1. The number of nitrogens with one attached hydrogen (secondary N) is 2. The number of nitrogens with zero attached hydrogens (tertiary/aromatic N) is 3. The number of fused-ring (bicyclic) bond motifs is 1. The van der Waals surface area contributed by atoms with Crippen molar-refractivity contribution in [3.8, 4) is 0 Å². The Bertz CT molecular complexity index is 623. The van der Waals surface area contributed by atoms with Crippen LogP contribution in [0.3, 0.4) is 0 Å². The molecule has 3 heterocycles. The van der Waals surface area contributed by atoms with Crippen LogP contribution in [0.5, 0.6) is 0 Å². The van der Waals surface area contributed by atoms with Crippen LogP contribution in [0, 0.1) is 5.92 Å². The molecule has 1 fully saturated rings. The summed E-state index contributed by atoms with van der Waals surface area (Å²) >= 11 is 0. The second-order valence-electron chi connectivity index (χ2n) is 5.57. The molecule has 0 aliphatic carbocycles. The molecule has 2 unspecified atom stereocenters. The van der Waals surface area contributed by atoms with Gasteiger partial charge in [-0.3, -0.25) is 9.20 Å². The quantitative estimate of drug-likeness (QED) is 0.884. The van der Waals surface area contributed by atoms with Crippen molar-refractivity contribution in [1.29, 1.82) is 0 Å². The van der Waals surface area contributed by atoms with E-state index in [9.17, 15) is 4.79 Å². The lowest BCUT2D eigenvalue weighted by Gasteiger charge is -2.28. The maximum absolute atomic E-state index is 12.3. The number of piperidine rings is 1. The minimum atomic E-state index is -0.0807. The zero-order valence-electron chi connectivity index (χ0n) is 12.2. The van der Waals surface area contributed by atoms with Gasteiger partial charge < -0.3 is 10.6 Å². The maximum Gasteiger partial charge on any atom is 0.237 e. The van der Waals surface area contributed by atoms with Crippen LogP contribution in [0.4, 0.5) is 0 Å². The summed E-state index contributed by atoms with van der Waals surface area (Å²) in [5, 5.41) is 14.5. The predicted octanol–water partition coefficient (Wildman–Crippen LogP) is 1.12. The van der Waals surface area contributed by atoms with E-state index in [0.29, 0.717) is 12.5 Å². The monoisotopic (exact) mass is 287 g/mol. The van der Waals surface area contributed by atoms with Crippen LogP contribution in [0.2, 0.25) is 0 Å². The second-order valence-corrected chi connectivity index (χ2v) is 5.57. The number of rotatable bonds is 4. The third-order valence-corrected chi connectivity index (χ3v) is 4.21. The van der Waals surface area contributed by atoms with E-state index in [1.165, 1.54) is 0 Å². The van der Waals surface area contributed by atoms with Crippen molar-refractivity contribution in [3.05, 3.63) is 30.2 Å². The molecule has 21 heavy (non-hydrogen) atoms. The van der Waals surface area contributed by atoms with E-state index in [2.05, 4.69) is 27.8 Å². The summed E-state index contributed by atoms with van der Waals surface area (Å²) in [4.78, 5) is 12.3. The van der Waals surface area contributed by atoms with Gasteiger partial charge in [0, 0.05) is 6.20 Å². The van der Waals surface area contributed by atoms with Gasteiger partial charge in [0.1, 0.15) is 0 Å². The third-order valence-electron chi connectivity index (χ3n) is 4.21. The smallest absolute Gasteiger partial charge is 0.237 e. The molecule has 0 bridgehead atoms. The van der Waals surface area contributed by atoms with E-state index in [0.717, 1.165) is 37.3 Å². The number of pyridine rings is 1. The van der Waals surface area contributed by atoms with E-state index < -0.39 is 0 Å². The summed E-state index contributed by atoms with van der Waals surface area (Å²) in [5.74, 6) is 1.46. The molecule has 0 aromatic carbocycles. The van der Waals surface area contributed by atoms with Crippen molar-refractivity contribution in [3.63, 3.8) is 0 Å². The van der Waals surface area contributed by atoms with Gasteiger partial charge >= 0.3 is 0 Å². The highest BCUT2D eigenvalue weighted by Gasteiger charge is 2.25. The fourth-order valence-electron chi connectivity index (χ4n) is 2.87. The Morgan fingerprint density at radius 1 is 1.48 bits per heavy atom. The fourth-order valence-corrected chi connectivity index (χ4v) is 2.87. The van der Waals surface area contributed by atoms with Gasteiger partial charge in [0.25, 0.3) is 0 Å². The van der Waals surface area contributed by atoms with Crippen LogP contribution in [0.25, 0.3) is 5.65 Å². The fraction of sp³-hybridized carbons (Fsp3) is 0.533. The number of hydrogen-bond acceptors (Lipinski definition) is 4. The molecule has 1 saturated heterocycles. The van der Waals surface area contributed by atoms with Crippen LogP contribution in [-0.4, -0.2) is 33.1 Å².